The SMILES string of the molecule is COC(=O)c1cccc(N2C(=O)C(Cl)=C(Nc3ccc(C(=O)Nc4ccc(C(C)C)cc4)cc3)C2=O)c1. The molecule has 3 aromatic carbocycles. The minimum atomic E-state index is -0.726. The van der Waals surface area contributed by atoms with Crippen molar-refractivity contribution in [3.8, 4) is 0 Å². The summed E-state index contributed by atoms with van der Waals surface area (Å²) in [5, 5.41) is 5.42. The molecular formula is C28H24ClN3O5. The van der Waals surface area contributed by atoms with Gasteiger partial charge in [0.05, 0.1) is 18.4 Å². The summed E-state index contributed by atoms with van der Waals surface area (Å²) in [5.74, 6) is -1.90. The monoisotopic (exact) mass is 517 g/mol. The Kier molecular flexibility index (Phi) is 7.40. The second kappa shape index (κ2) is 10.7. The standard InChI is InChI=1S/C28H24ClN3O5/c1-16(2)17-7-11-21(12-8-17)31-25(33)18-9-13-20(14-10-18)30-24-23(29)26(34)32(27(24)35)22-6-4-5-19(15-22)28(36)37-3/h4-16,30H,1-3H3,(H,31,33). The number of hydrogen-bond acceptors (Lipinski definition) is 6. The van der Waals surface area contributed by atoms with E-state index < -0.39 is 17.8 Å². The van der Waals surface area contributed by atoms with Crippen LogP contribution in [0.1, 0.15) is 46.0 Å². The van der Waals surface area contributed by atoms with Crippen molar-refractivity contribution in [2.75, 3.05) is 22.6 Å². The van der Waals surface area contributed by atoms with Crippen LogP contribution in [0.3, 0.4) is 0 Å². The van der Waals surface area contributed by atoms with Gasteiger partial charge < -0.3 is 15.4 Å². The molecule has 0 saturated carbocycles. The quantitative estimate of drug-likeness (QED) is 0.326. The maximum Gasteiger partial charge on any atom is 0.337 e. The molecule has 0 saturated heterocycles. The third-order valence-electron chi connectivity index (χ3n) is 5.80. The summed E-state index contributed by atoms with van der Waals surface area (Å²) < 4.78 is 4.70. The number of benzene rings is 3. The fourth-order valence-electron chi connectivity index (χ4n) is 3.74. The lowest BCUT2D eigenvalue weighted by Crippen LogP contribution is -2.32. The first-order valence-corrected chi connectivity index (χ1v) is 11.8. The molecule has 188 valence electrons. The molecule has 3 amide bonds. The Labute approximate surface area is 218 Å². The number of methoxy groups -OCH3 is 1. The smallest absolute Gasteiger partial charge is 0.337 e. The Bertz CT molecular complexity index is 1410. The number of anilines is 3. The minimum absolute atomic E-state index is 0.113. The summed E-state index contributed by atoms with van der Waals surface area (Å²) >= 11 is 6.20. The van der Waals surface area contributed by atoms with Gasteiger partial charge in [-0.2, -0.15) is 0 Å². The van der Waals surface area contributed by atoms with Gasteiger partial charge in [-0.1, -0.05) is 43.6 Å². The molecular weight excluding hydrogens is 494 g/mol. The number of nitrogens with one attached hydrogen (secondary N) is 2. The number of carbonyl (C=O) groups excluding carboxylic acids is 4. The fourth-order valence-corrected chi connectivity index (χ4v) is 3.95. The first kappa shape index (κ1) is 25.7. The minimum Gasteiger partial charge on any atom is -0.465 e. The van der Waals surface area contributed by atoms with Gasteiger partial charge in [-0.3, -0.25) is 14.4 Å². The molecule has 0 bridgehead atoms. The van der Waals surface area contributed by atoms with Crippen LogP contribution in [-0.2, 0) is 14.3 Å². The maximum atomic E-state index is 13.0. The van der Waals surface area contributed by atoms with Crippen molar-refractivity contribution in [3.05, 3.63) is 100 Å². The van der Waals surface area contributed by atoms with Crippen LogP contribution < -0.4 is 15.5 Å². The predicted octanol–water partition coefficient (Wildman–Crippen LogP) is 5.28. The average Bonchev–Trinajstić information content (AvgIpc) is 3.11. The zero-order valence-electron chi connectivity index (χ0n) is 20.4. The highest BCUT2D eigenvalue weighted by molar-refractivity contribution is 6.53. The van der Waals surface area contributed by atoms with Gasteiger partial charge in [0, 0.05) is 16.9 Å². The Morgan fingerprint density at radius 3 is 2.14 bits per heavy atom. The molecule has 1 aliphatic heterocycles. The molecule has 9 heteroatoms. The number of rotatable bonds is 7. The number of esters is 1. The van der Waals surface area contributed by atoms with Gasteiger partial charge in [-0.25, -0.2) is 9.69 Å². The molecule has 1 heterocycles. The molecule has 0 spiro atoms. The lowest BCUT2D eigenvalue weighted by atomic mass is 10.0. The van der Waals surface area contributed by atoms with E-state index in [0.717, 1.165) is 4.90 Å². The topological polar surface area (TPSA) is 105 Å². The summed E-state index contributed by atoms with van der Waals surface area (Å²) in [6.07, 6.45) is 0. The van der Waals surface area contributed by atoms with Crippen LogP contribution in [0.25, 0.3) is 0 Å². The second-order valence-electron chi connectivity index (χ2n) is 8.61. The molecule has 2 N–H and O–H groups in total. The third kappa shape index (κ3) is 5.39. The number of hydrogen-bond donors (Lipinski definition) is 2. The normalized spacial score (nSPS) is 13.3. The Hall–Kier alpha value is -4.43. The van der Waals surface area contributed by atoms with E-state index in [4.69, 9.17) is 16.3 Å². The van der Waals surface area contributed by atoms with E-state index in [0.29, 0.717) is 22.9 Å². The summed E-state index contributed by atoms with van der Waals surface area (Å²) in [4.78, 5) is 51.1. The molecule has 3 aromatic rings. The van der Waals surface area contributed by atoms with E-state index in [1.165, 1.54) is 36.9 Å². The van der Waals surface area contributed by atoms with Gasteiger partial charge in [-0.05, 0) is 66.1 Å². The van der Waals surface area contributed by atoms with Gasteiger partial charge in [0.25, 0.3) is 17.7 Å². The van der Waals surface area contributed by atoms with E-state index in [-0.39, 0.29) is 27.9 Å². The van der Waals surface area contributed by atoms with E-state index in [9.17, 15) is 19.2 Å². The summed E-state index contributed by atoms with van der Waals surface area (Å²) in [6, 6.07) is 20.0. The second-order valence-corrected chi connectivity index (χ2v) is 8.99. The first-order valence-electron chi connectivity index (χ1n) is 11.4. The Morgan fingerprint density at radius 2 is 1.51 bits per heavy atom. The van der Waals surface area contributed by atoms with Gasteiger partial charge in [-0.15, -0.1) is 0 Å². The van der Waals surface area contributed by atoms with Crippen LogP contribution in [-0.4, -0.2) is 30.8 Å². The first-order chi connectivity index (χ1) is 17.7. The van der Waals surface area contributed by atoms with E-state index >= 15 is 0 Å². The van der Waals surface area contributed by atoms with Crippen molar-refractivity contribution >= 4 is 52.4 Å². The van der Waals surface area contributed by atoms with Crippen molar-refractivity contribution in [3.63, 3.8) is 0 Å². The number of carbonyl (C=O) groups is 4. The van der Waals surface area contributed by atoms with Crippen LogP contribution in [0.5, 0.6) is 0 Å². The molecule has 0 aliphatic carbocycles. The number of ether oxygens (including phenoxy) is 1. The predicted molar refractivity (Wildman–Crippen MR) is 142 cm³/mol. The summed E-state index contributed by atoms with van der Waals surface area (Å²) in [7, 11) is 1.24. The van der Waals surface area contributed by atoms with Crippen molar-refractivity contribution < 1.29 is 23.9 Å². The lowest BCUT2D eigenvalue weighted by molar-refractivity contribution is -0.120. The zero-order valence-corrected chi connectivity index (χ0v) is 21.1. The number of nitrogens with zero attached hydrogens (tertiary/aromatic N) is 1. The zero-order chi connectivity index (χ0) is 26.7. The fraction of sp³-hybridized carbons (Fsp3) is 0.143. The third-order valence-corrected chi connectivity index (χ3v) is 6.16. The molecule has 0 unspecified atom stereocenters. The molecule has 0 atom stereocenters. The van der Waals surface area contributed by atoms with Crippen LogP contribution in [0.2, 0.25) is 0 Å². The van der Waals surface area contributed by atoms with Crippen LogP contribution in [0, 0.1) is 0 Å². The highest BCUT2D eigenvalue weighted by atomic mass is 35.5. The van der Waals surface area contributed by atoms with Gasteiger partial charge in [0.15, 0.2) is 0 Å². The Morgan fingerprint density at radius 1 is 0.865 bits per heavy atom. The molecule has 0 fully saturated rings. The van der Waals surface area contributed by atoms with Crippen molar-refractivity contribution in [1.82, 2.24) is 0 Å². The van der Waals surface area contributed by atoms with E-state index in [2.05, 4.69) is 24.5 Å². The number of halogens is 1. The maximum absolute atomic E-state index is 13.0. The van der Waals surface area contributed by atoms with Crippen molar-refractivity contribution in [2.24, 2.45) is 0 Å². The van der Waals surface area contributed by atoms with Gasteiger partial charge in [0.1, 0.15) is 10.7 Å². The van der Waals surface area contributed by atoms with Crippen LogP contribution in [0.4, 0.5) is 17.1 Å². The largest absolute Gasteiger partial charge is 0.465 e. The van der Waals surface area contributed by atoms with Gasteiger partial charge in [0.2, 0.25) is 0 Å². The van der Waals surface area contributed by atoms with Gasteiger partial charge >= 0.3 is 5.97 Å². The molecule has 0 aromatic heterocycles. The molecule has 1 aliphatic rings. The summed E-state index contributed by atoms with van der Waals surface area (Å²) in [5.41, 5.74) is 2.98. The Balaban J connectivity index is 1.46. The highest BCUT2D eigenvalue weighted by Crippen LogP contribution is 2.31. The summed E-state index contributed by atoms with van der Waals surface area (Å²) in [6.45, 7) is 4.20. The lowest BCUT2D eigenvalue weighted by Gasteiger charge is -2.16. The van der Waals surface area contributed by atoms with E-state index in [1.54, 1.807) is 24.3 Å². The highest BCUT2D eigenvalue weighted by Gasteiger charge is 2.39. The van der Waals surface area contributed by atoms with Crippen molar-refractivity contribution in [1.29, 1.82) is 0 Å². The van der Waals surface area contributed by atoms with E-state index in [1.807, 2.05) is 24.3 Å². The molecule has 8 nitrogen and oxygen atoms in total. The molecule has 37 heavy (non-hydrogen) atoms. The van der Waals surface area contributed by atoms with Crippen molar-refractivity contribution in [2.45, 2.75) is 19.8 Å². The van der Waals surface area contributed by atoms with Crippen LogP contribution >= 0.6 is 11.6 Å². The van der Waals surface area contributed by atoms with Crippen LogP contribution in [0.15, 0.2) is 83.5 Å². The number of amides is 3. The molecule has 0 radical (unpaired) electrons. The average molecular weight is 518 g/mol. The molecule has 4 rings (SSSR count). The number of imide groups is 1.